The molecule has 0 amide bonds. The molecule has 156 valence electrons. The molecule has 4 rings (SSSR count). The van der Waals surface area contributed by atoms with Gasteiger partial charge in [0, 0.05) is 40.6 Å². The van der Waals surface area contributed by atoms with Gasteiger partial charge in [-0.05, 0) is 28.8 Å². The molecule has 0 saturated heterocycles. The van der Waals surface area contributed by atoms with Crippen molar-refractivity contribution in [2.45, 2.75) is 5.92 Å². The lowest BCUT2D eigenvalue weighted by Crippen LogP contribution is -2.08. The van der Waals surface area contributed by atoms with Crippen LogP contribution in [0.5, 0.6) is 11.5 Å². The molecule has 0 bridgehead atoms. The molecule has 0 aromatic heterocycles. The number of hydrogen-bond acceptors (Lipinski definition) is 4. The third kappa shape index (κ3) is 4.19. The van der Waals surface area contributed by atoms with Crippen LogP contribution in [-0.4, -0.2) is 14.2 Å². The van der Waals surface area contributed by atoms with Gasteiger partial charge in [-0.15, -0.1) is 0 Å². The second kappa shape index (κ2) is 8.84. The summed E-state index contributed by atoms with van der Waals surface area (Å²) in [4.78, 5) is 0. The highest BCUT2D eigenvalue weighted by Gasteiger charge is 2.24. The van der Waals surface area contributed by atoms with E-state index in [1.165, 1.54) is 5.56 Å². The molecule has 0 heterocycles. The van der Waals surface area contributed by atoms with Gasteiger partial charge in [0.1, 0.15) is 11.5 Å². The van der Waals surface area contributed by atoms with E-state index in [4.69, 9.17) is 20.9 Å². The first-order chi connectivity index (χ1) is 15.1. The maximum Gasteiger partial charge on any atom is 0.125 e. The van der Waals surface area contributed by atoms with Crippen molar-refractivity contribution >= 4 is 11.4 Å². The molecule has 4 aromatic carbocycles. The molecule has 31 heavy (non-hydrogen) atoms. The molecule has 4 aromatic rings. The second-order valence-electron chi connectivity index (χ2n) is 7.42. The van der Waals surface area contributed by atoms with E-state index in [9.17, 15) is 0 Å². The molecule has 4 N–H and O–H groups in total. The highest BCUT2D eigenvalue weighted by Crippen LogP contribution is 2.42. The fourth-order valence-corrected chi connectivity index (χ4v) is 3.96. The van der Waals surface area contributed by atoms with Crippen molar-refractivity contribution in [2.24, 2.45) is 0 Å². The average molecular weight is 411 g/mol. The van der Waals surface area contributed by atoms with Crippen LogP contribution in [0.2, 0.25) is 0 Å². The van der Waals surface area contributed by atoms with Crippen LogP contribution in [0, 0.1) is 0 Å². The van der Waals surface area contributed by atoms with Gasteiger partial charge in [-0.2, -0.15) is 0 Å². The van der Waals surface area contributed by atoms with E-state index in [1.54, 1.807) is 14.2 Å². The third-order valence-corrected chi connectivity index (χ3v) is 5.49. The Kier molecular flexibility index (Phi) is 5.80. The molecule has 4 heteroatoms. The maximum atomic E-state index is 6.02. The minimum absolute atomic E-state index is 0.115. The monoisotopic (exact) mass is 410 g/mol. The number of nitrogens with two attached hydrogens (primary N) is 2. The van der Waals surface area contributed by atoms with E-state index < -0.39 is 0 Å². The summed E-state index contributed by atoms with van der Waals surface area (Å²) >= 11 is 0. The molecular weight excluding hydrogens is 384 g/mol. The van der Waals surface area contributed by atoms with Crippen molar-refractivity contribution in [3.8, 4) is 22.6 Å². The summed E-state index contributed by atoms with van der Waals surface area (Å²) in [5.41, 5.74) is 18.8. The fraction of sp³-hybridized carbons (Fsp3) is 0.111. The lowest BCUT2D eigenvalue weighted by atomic mass is 9.83. The first kappa shape index (κ1) is 20.4. The van der Waals surface area contributed by atoms with Crippen LogP contribution >= 0.6 is 0 Å². The van der Waals surface area contributed by atoms with Crippen LogP contribution in [-0.2, 0) is 0 Å². The topological polar surface area (TPSA) is 70.5 Å². The fourth-order valence-electron chi connectivity index (χ4n) is 3.96. The highest BCUT2D eigenvalue weighted by atomic mass is 16.5. The Morgan fingerprint density at radius 1 is 0.581 bits per heavy atom. The van der Waals surface area contributed by atoms with Crippen molar-refractivity contribution in [1.29, 1.82) is 0 Å². The lowest BCUT2D eigenvalue weighted by molar-refractivity contribution is 0.403. The van der Waals surface area contributed by atoms with Crippen LogP contribution in [0.15, 0.2) is 91.0 Å². The van der Waals surface area contributed by atoms with Crippen molar-refractivity contribution in [2.75, 3.05) is 25.7 Å². The molecule has 0 radical (unpaired) electrons. The molecule has 4 nitrogen and oxygen atoms in total. The van der Waals surface area contributed by atoms with Gasteiger partial charge >= 0.3 is 0 Å². The molecule has 0 aliphatic carbocycles. The van der Waals surface area contributed by atoms with E-state index in [0.29, 0.717) is 11.4 Å². The summed E-state index contributed by atoms with van der Waals surface area (Å²) < 4.78 is 11.4. The summed E-state index contributed by atoms with van der Waals surface area (Å²) in [5, 5.41) is 0. The molecule has 0 saturated carbocycles. The summed E-state index contributed by atoms with van der Waals surface area (Å²) in [6.45, 7) is 0. The Labute approximate surface area is 183 Å². The van der Waals surface area contributed by atoms with E-state index >= 15 is 0 Å². The van der Waals surface area contributed by atoms with Gasteiger partial charge < -0.3 is 20.9 Å². The van der Waals surface area contributed by atoms with Crippen molar-refractivity contribution in [3.05, 3.63) is 108 Å². The predicted molar refractivity (Wildman–Crippen MR) is 128 cm³/mol. The Bertz CT molecular complexity index is 1120. The van der Waals surface area contributed by atoms with Crippen LogP contribution in [0.3, 0.4) is 0 Å². The van der Waals surface area contributed by atoms with Gasteiger partial charge in [-0.1, -0.05) is 66.7 Å². The Balaban J connectivity index is 1.88. The number of benzene rings is 4. The van der Waals surface area contributed by atoms with Gasteiger partial charge in [0.2, 0.25) is 0 Å². The zero-order valence-corrected chi connectivity index (χ0v) is 17.7. The van der Waals surface area contributed by atoms with Gasteiger partial charge in [0.25, 0.3) is 0 Å². The minimum atomic E-state index is -0.115. The Hall–Kier alpha value is -3.92. The third-order valence-electron chi connectivity index (χ3n) is 5.49. The second-order valence-corrected chi connectivity index (χ2v) is 7.42. The lowest BCUT2D eigenvalue weighted by Gasteiger charge is -2.24. The SMILES string of the molecule is COc1cc(N)ccc1C(c1ccc(-c2ccccc2)cc1)c1ccc(N)cc1OC. The van der Waals surface area contributed by atoms with Crippen LogP contribution in [0.1, 0.15) is 22.6 Å². The van der Waals surface area contributed by atoms with E-state index in [1.807, 2.05) is 54.6 Å². The van der Waals surface area contributed by atoms with E-state index in [0.717, 1.165) is 33.8 Å². The van der Waals surface area contributed by atoms with Crippen LogP contribution in [0.4, 0.5) is 11.4 Å². The highest BCUT2D eigenvalue weighted by molar-refractivity contribution is 5.65. The van der Waals surface area contributed by atoms with Crippen LogP contribution < -0.4 is 20.9 Å². The summed E-state index contributed by atoms with van der Waals surface area (Å²) in [6, 6.07) is 30.4. The van der Waals surface area contributed by atoms with E-state index in [2.05, 4.69) is 36.4 Å². The summed E-state index contributed by atoms with van der Waals surface area (Å²) in [7, 11) is 3.32. The number of nitrogen functional groups attached to an aromatic ring is 2. The maximum absolute atomic E-state index is 6.02. The molecule has 0 aliphatic heterocycles. The standard InChI is InChI=1S/C27H26N2O2/c1-30-25-16-21(28)12-14-23(25)27(24-15-13-22(29)17-26(24)31-2)20-10-8-19(9-11-20)18-6-4-3-5-7-18/h3-17,27H,28-29H2,1-2H3. The van der Waals surface area contributed by atoms with Crippen molar-refractivity contribution in [1.82, 2.24) is 0 Å². The summed E-state index contributed by atoms with van der Waals surface area (Å²) in [6.07, 6.45) is 0. The molecule has 0 aliphatic rings. The number of methoxy groups -OCH3 is 2. The Morgan fingerprint density at radius 2 is 1.06 bits per heavy atom. The molecule has 0 spiro atoms. The number of rotatable bonds is 6. The van der Waals surface area contributed by atoms with Gasteiger partial charge in [0.05, 0.1) is 14.2 Å². The van der Waals surface area contributed by atoms with Gasteiger partial charge in [-0.25, -0.2) is 0 Å². The molecule has 0 atom stereocenters. The van der Waals surface area contributed by atoms with E-state index in [-0.39, 0.29) is 5.92 Å². The van der Waals surface area contributed by atoms with Crippen molar-refractivity contribution < 1.29 is 9.47 Å². The normalized spacial score (nSPS) is 10.8. The first-order valence-electron chi connectivity index (χ1n) is 10.1. The number of ether oxygens (including phenoxy) is 2. The number of hydrogen-bond donors (Lipinski definition) is 2. The predicted octanol–water partition coefficient (Wildman–Crippen LogP) is 5.72. The largest absolute Gasteiger partial charge is 0.496 e. The number of anilines is 2. The zero-order valence-electron chi connectivity index (χ0n) is 17.7. The van der Waals surface area contributed by atoms with Crippen LogP contribution in [0.25, 0.3) is 11.1 Å². The average Bonchev–Trinajstić information content (AvgIpc) is 2.81. The molecule has 0 fully saturated rings. The molecule has 0 unspecified atom stereocenters. The first-order valence-corrected chi connectivity index (χ1v) is 10.1. The Morgan fingerprint density at radius 3 is 1.55 bits per heavy atom. The van der Waals surface area contributed by atoms with Gasteiger partial charge in [0.15, 0.2) is 0 Å². The smallest absolute Gasteiger partial charge is 0.125 e. The van der Waals surface area contributed by atoms with Crippen molar-refractivity contribution in [3.63, 3.8) is 0 Å². The molecular formula is C27H26N2O2. The quantitative estimate of drug-likeness (QED) is 0.315. The zero-order chi connectivity index (χ0) is 21.8. The summed E-state index contributed by atoms with van der Waals surface area (Å²) in [5.74, 6) is 1.35. The minimum Gasteiger partial charge on any atom is -0.496 e. The van der Waals surface area contributed by atoms with Gasteiger partial charge in [-0.3, -0.25) is 0 Å².